The Morgan fingerprint density at radius 1 is 1.22 bits per heavy atom. The summed E-state index contributed by atoms with van der Waals surface area (Å²) in [4.78, 5) is 8.54. The molecule has 1 heterocycles. The van der Waals surface area contributed by atoms with Crippen molar-refractivity contribution in [2.75, 3.05) is 19.7 Å². The highest BCUT2D eigenvalue weighted by Crippen LogP contribution is 2.11. The van der Waals surface area contributed by atoms with Gasteiger partial charge in [-0.2, -0.15) is 0 Å². The number of nitrogens with one attached hydrogen (secondary N) is 1. The van der Waals surface area contributed by atoms with Crippen molar-refractivity contribution in [2.45, 2.75) is 19.8 Å². The average Bonchev–Trinajstić information content (AvgIpc) is 2.57. The number of ether oxygens (including phenoxy) is 1. The molecule has 0 spiro atoms. The van der Waals surface area contributed by atoms with Crippen LogP contribution in [0.4, 0.5) is 0 Å². The Hall–Kier alpha value is -2.56. The second-order valence-corrected chi connectivity index (χ2v) is 5.28. The molecule has 0 aliphatic carbocycles. The van der Waals surface area contributed by atoms with Gasteiger partial charge in [0, 0.05) is 37.8 Å². The van der Waals surface area contributed by atoms with Crippen LogP contribution >= 0.6 is 0 Å². The topological polar surface area (TPSA) is 72.5 Å². The number of pyridine rings is 1. The maximum absolute atomic E-state index is 5.83. The van der Waals surface area contributed by atoms with Gasteiger partial charge in [0.1, 0.15) is 5.75 Å². The van der Waals surface area contributed by atoms with Gasteiger partial charge in [0.2, 0.25) is 0 Å². The van der Waals surface area contributed by atoms with Gasteiger partial charge < -0.3 is 15.8 Å². The molecular formula is C18H24N4O. The summed E-state index contributed by atoms with van der Waals surface area (Å²) in [7, 11) is 0. The Kier molecular flexibility index (Phi) is 6.91. The first-order valence-electron chi connectivity index (χ1n) is 7.87. The molecule has 0 fully saturated rings. The van der Waals surface area contributed by atoms with E-state index in [0.29, 0.717) is 19.1 Å². The third kappa shape index (κ3) is 6.82. The van der Waals surface area contributed by atoms with E-state index < -0.39 is 0 Å². The maximum Gasteiger partial charge on any atom is 0.188 e. The van der Waals surface area contributed by atoms with Gasteiger partial charge >= 0.3 is 0 Å². The number of nitrogens with zero attached hydrogens (tertiary/aromatic N) is 2. The van der Waals surface area contributed by atoms with Crippen LogP contribution in [0, 0.1) is 6.92 Å². The first-order valence-corrected chi connectivity index (χ1v) is 7.87. The van der Waals surface area contributed by atoms with E-state index in [2.05, 4.69) is 22.2 Å². The number of rotatable bonds is 8. The molecule has 5 nitrogen and oxygen atoms in total. The molecule has 0 bridgehead atoms. The van der Waals surface area contributed by atoms with Gasteiger partial charge in [0.25, 0.3) is 0 Å². The second kappa shape index (κ2) is 9.46. The smallest absolute Gasteiger partial charge is 0.188 e. The molecule has 0 aliphatic rings. The van der Waals surface area contributed by atoms with Crippen LogP contribution in [0.1, 0.15) is 17.7 Å². The normalized spacial score (nSPS) is 11.3. The highest BCUT2D eigenvalue weighted by molar-refractivity contribution is 5.77. The summed E-state index contributed by atoms with van der Waals surface area (Å²) in [6.07, 6.45) is 3.45. The summed E-state index contributed by atoms with van der Waals surface area (Å²) < 4.78 is 5.64. The van der Waals surface area contributed by atoms with E-state index in [4.69, 9.17) is 10.5 Å². The first kappa shape index (κ1) is 16.8. The molecule has 3 N–H and O–H groups in total. The summed E-state index contributed by atoms with van der Waals surface area (Å²) in [6, 6.07) is 13.9. The molecule has 1 aromatic carbocycles. The molecule has 0 radical (unpaired) electrons. The number of hydrogen-bond acceptors (Lipinski definition) is 3. The van der Waals surface area contributed by atoms with Gasteiger partial charge in [-0.05, 0) is 31.2 Å². The van der Waals surface area contributed by atoms with Gasteiger partial charge in [-0.3, -0.25) is 9.98 Å². The van der Waals surface area contributed by atoms with E-state index in [9.17, 15) is 0 Å². The van der Waals surface area contributed by atoms with Crippen LogP contribution in [0.25, 0.3) is 0 Å². The van der Waals surface area contributed by atoms with Crippen LogP contribution in [0.15, 0.2) is 53.7 Å². The Bertz CT molecular complexity index is 596. The van der Waals surface area contributed by atoms with Crippen molar-refractivity contribution in [2.24, 2.45) is 10.7 Å². The zero-order valence-corrected chi connectivity index (χ0v) is 13.5. The predicted octanol–water partition coefficient (Wildman–Crippen LogP) is 2.31. The maximum atomic E-state index is 5.83. The van der Waals surface area contributed by atoms with Crippen molar-refractivity contribution >= 4 is 5.96 Å². The van der Waals surface area contributed by atoms with Crippen molar-refractivity contribution in [1.82, 2.24) is 10.3 Å². The van der Waals surface area contributed by atoms with Gasteiger partial charge in [0.15, 0.2) is 5.96 Å². The van der Waals surface area contributed by atoms with Crippen LogP contribution < -0.4 is 15.8 Å². The molecule has 2 aromatic rings. The van der Waals surface area contributed by atoms with E-state index in [-0.39, 0.29) is 0 Å². The van der Waals surface area contributed by atoms with Gasteiger partial charge in [-0.15, -0.1) is 0 Å². The first-order chi connectivity index (χ1) is 11.2. The molecule has 0 atom stereocenters. The largest absolute Gasteiger partial charge is 0.494 e. The lowest BCUT2D eigenvalue weighted by molar-refractivity contribution is 0.313. The van der Waals surface area contributed by atoms with Crippen LogP contribution in [0.5, 0.6) is 5.75 Å². The number of hydrogen-bond donors (Lipinski definition) is 2. The minimum absolute atomic E-state index is 0.469. The molecule has 0 saturated heterocycles. The summed E-state index contributed by atoms with van der Waals surface area (Å²) in [6.45, 7) is 4.07. The van der Waals surface area contributed by atoms with Crippen molar-refractivity contribution in [3.8, 4) is 5.75 Å². The Morgan fingerprint density at radius 2 is 2.04 bits per heavy atom. The Balaban J connectivity index is 1.56. The van der Waals surface area contributed by atoms with E-state index in [0.717, 1.165) is 30.8 Å². The lowest BCUT2D eigenvalue weighted by Crippen LogP contribution is -2.33. The third-order valence-electron chi connectivity index (χ3n) is 3.29. The molecular weight excluding hydrogens is 288 g/mol. The quantitative estimate of drug-likeness (QED) is 0.446. The zero-order valence-electron chi connectivity index (χ0n) is 13.5. The second-order valence-electron chi connectivity index (χ2n) is 5.28. The molecule has 2 rings (SSSR count). The standard InChI is InChI=1S/C18H24N4O/c1-15-6-8-17(9-7-15)23-14-4-12-21-18(19)22-13-10-16-5-2-3-11-20-16/h2-3,5-9,11H,4,10,12-14H2,1H3,(H3,19,21,22). The van der Waals surface area contributed by atoms with Crippen LogP contribution in [0.3, 0.4) is 0 Å². The third-order valence-corrected chi connectivity index (χ3v) is 3.29. The monoisotopic (exact) mass is 312 g/mol. The Morgan fingerprint density at radius 3 is 2.78 bits per heavy atom. The zero-order chi connectivity index (χ0) is 16.3. The fourth-order valence-electron chi connectivity index (χ4n) is 2.01. The summed E-state index contributed by atoms with van der Waals surface area (Å²) in [5.41, 5.74) is 8.09. The van der Waals surface area contributed by atoms with Crippen molar-refractivity contribution < 1.29 is 4.74 Å². The number of nitrogens with two attached hydrogens (primary N) is 1. The summed E-state index contributed by atoms with van der Waals surface area (Å²) in [5, 5.41) is 3.09. The van der Waals surface area contributed by atoms with Crippen molar-refractivity contribution in [3.05, 3.63) is 59.9 Å². The lowest BCUT2D eigenvalue weighted by atomic mass is 10.2. The van der Waals surface area contributed by atoms with Crippen LogP contribution in [-0.2, 0) is 6.42 Å². The number of guanidine groups is 1. The molecule has 122 valence electrons. The summed E-state index contributed by atoms with van der Waals surface area (Å²) in [5.74, 6) is 1.36. The molecule has 0 amide bonds. The van der Waals surface area contributed by atoms with Gasteiger partial charge in [-0.25, -0.2) is 0 Å². The molecule has 0 saturated carbocycles. The fourth-order valence-corrected chi connectivity index (χ4v) is 2.01. The van der Waals surface area contributed by atoms with Gasteiger partial charge in [0.05, 0.1) is 6.61 Å². The highest BCUT2D eigenvalue weighted by Gasteiger charge is 1.96. The number of benzene rings is 1. The molecule has 0 aliphatic heterocycles. The lowest BCUT2D eigenvalue weighted by Gasteiger charge is -2.07. The SMILES string of the molecule is Cc1ccc(OCCCN=C(N)NCCc2ccccn2)cc1. The fraction of sp³-hybridized carbons (Fsp3) is 0.333. The van der Waals surface area contributed by atoms with Crippen molar-refractivity contribution in [1.29, 1.82) is 0 Å². The summed E-state index contributed by atoms with van der Waals surface area (Å²) >= 11 is 0. The van der Waals surface area contributed by atoms with Crippen LogP contribution in [0.2, 0.25) is 0 Å². The molecule has 23 heavy (non-hydrogen) atoms. The Labute approximate surface area is 137 Å². The average molecular weight is 312 g/mol. The molecule has 5 heteroatoms. The van der Waals surface area contributed by atoms with E-state index in [1.807, 2.05) is 42.5 Å². The number of aliphatic imine (C=N–C) groups is 1. The number of aryl methyl sites for hydroxylation is 1. The highest BCUT2D eigenvalue weighted by atomic mass is 16.5. The van der Waals surface area contributed by atoms with E-state index in [1.165, 1.54) is 5.56 Å². The minimum atomic E-state index is 0.469. The predicted molar refractivity (Wildman–Crippen MR) is 93.7 cm³/mol. The minimum Gasteiger partial charge on any atom is -0.494 e. The van der Waals surface area contributed by atoms with Gasteiger partial charge in [-0.1, -0.05) is 23.8 Å². The van der Waals surface area contributed by atoms with E-state index in [1.54, 1.807) is 6.20 Å². The number of aromatic nitrogens is 1. The molecule has 0 unspecified atom stereocenters. The van der Waals surface area contributed by atoms with Crippen molar-refractivity contribution in [3.63, 3.8) is 0 Å². The van der Waals surface area contributed by atoms with Crippen LogP contribution in [-0.4, -0.2) is 30.6 Å². The molecule has 1 aromatic heterocycles. The van der Waals surface area contributed by atoms with E-state index >= 15 is 0 Å².